The minimum Gasteiger partial charge on any atom is -0.380 e. The third-order valence-corrected chi connectivity index (χ3v) is 3.04. The van der Waals surface area contributed by atoms with Crippen LogP contribution in [0.4, 0.5) is 5.95 Å². The van der Waals surface area contributed by atoms with E-state index in [0.29, 0.717) is 12.6 Å². The summed E-state index contributed by atoms with van der Waals surface area (Å²) in [6, 6.07) is 2.05. The Hall–Kier alpha value is -1.88. The van der Waals surface area contributed by atoms with Gasteiger partial charge in [-0.15, -0.1) is 0 Å². The van der Waals surface area contributed by atoms with E-state index in [2.05, 4.69) is 29.9 Å². The van der Waals surface area contributed by atoms with Gasteiger partial charge < -0.3 is 4.74 Å². The van der Waals surface area contributed by atoms with Crippen molar-refractivity contribution in [3.8, 4) is 0 Å². The van der Waals surface area contributed by atoms with Crippen LogP contribution in [0.5, 0.6) is 0 Å². The van der Waals surface area contributed by atoms with Crippen LogP contribution in [0, 0.1) is 6.92 Å². The van der Waals surface area contributed by atoms with Gasteiger partial charge in [0.1, 0.15) is 0 Å². The highest BCUT2D eigenvalue weighted by atomic mass is 16.5. The van der Waals surface area contributed by atoms with Gasteiger partial charge in [-0.2, -0.15) is 0 Å². The number of ether oxygens (including phenoxy) is 1. The number of hydrogen-bond donors (Lipinski definition) is 0. The number of aromatic nitrogens is 3. The Bertz CT molecular complexity index is 550. The predicted octanol–water partition coefficient (Wildman–Crippen LogP) is 2.19. The second kappa shape index (κ2) is 5.84. The van der Waals surface area contributed by atoms with E-state index in [1.165, 1.54) is 5.56 Å². The Kier molecular flexibility index (Phi) is 4.16. The maximum atomic E-state index is 5.16. The fraction of sp³-hybridized carbons (Fsp3) is 0.429. The third-order valence-electron chi connectivity index (χ3n) is 3.04. The lowest BCUT2D eigenvalue weighted by molar-refractivity contribution is 0.183. The van der Waals surface area contributed by atoms with Crippen LogP contribution in [-0.2, 0) is 17.8 Å². The zero-order chi connectivity index (χ0) is 13.8. The lowest BCUT2D eigenvalue weighted by Crippen LogP contribution is -2.25. The van der Waals surface area contributed by atoms with Crippen LogP contribution in [0.2, 0.25) is 0 Å². The molecule has 102 valence electrons. The standard InChI is InChI=1S/C14H20N4O/c1-5-13-12(10-19-4)8-15-14(16-13)17(3)18-7-6-11(2)9-18/h6-9H,5,10H2,1-4H3. The molecule has 0 aromatic carbocycles. The van der Waals surface area contributed by atoms with E-state index in [4.69, 9.17) is 4.74 Å². The molecule has 0 aliphatic rings. The second-order valence-corrected chi connectivity index (χ2v) is 4.52. The van der Waals surface area contributed by atoms with Gasteiger partial charge in [0.25, 0.3) is 0 Å². The van der Waals surface area contributed by atoms with E-state index < -0.39 is 0 Å². The summed E-state index contributed by atoms with van der Waals surface area (Å²) >= 11 is 0. The number of nitrogens with zero attached hydrogens (tertiary/aromatic N) is 4. The first-order valence-electron chi connectivity index (χ1n) is 6.38. The van der Waals surface area contributed by atoms with E-state index in [1.54, 1.807) is 7.11 Å². The Morgan fingerprint density at radius 1 is 1.42 bits per heavy atom. The number of hydrogen-bond acceptors (Lipinski definition) is 4. The van der Waals surface area contributed by atoms with Crippen LogP contribution < -0.4 is 5.01 Å². The summed E-state index contributed by atoms with van der Waals surface area (Å²) < 4.78 is 7.13. The van der Waals surface area contributed by atoms with Crippen LogP contribution >= 0.6 is 0 Å². The summed E-state index contributed by atoms with van der Waals surface area (Å²) in [4.78, 5) is 9.01. The normalized spacial score (nSPS) is 10.7. The summed E-state index contributed by atoms with van der Waals surface area (Å²) in [6.45, 7) is 4.70. The van der Waals surface area contributed by atoms with Crippen molar-refractivity contribution in [3.63, 3.8) is 0 Å². The molecular weight excluding hydrogens is 240 g/mol. The lowest BCUT2D eigenvalue weighted by atomic mass is 10.2. The van der Waals surface area contributed by atoms with E-state index >= 15 is 0 Å². The van der Waals surface area contributed by atoms with Gasteiger partial charge >= 0.3 is 0 Å². The second-order valence-electron chi connectivity index (χ2n) is 4.52. The largest absolute Gasteiger partial charge is 0.380 e. The SMILES string of the molecule is CCc1nc(N(C)n2ccc(C)c2)ncc1COC. The molecule has 2 aromatic heterocycles. The lowest BCUT2D eigenvalue weighted by Gasteiger charge is -2.19. The highest BCUT2D eigenvalue weighted by Crippen LogP contribution is 2.14. The number of rotatable bonds is 5. The molecule has 0 aliphatic heterocycles. The van der Waals surface area contributed by atoms with Crippen molar-refractivity contribution < 1.29 is 4.74 Å². The van der Waals surface area contributed by atoms with Gasteiger partial charge in [-0.1, -0.05) is 6.92 Å². The molecule has 0 fully saturated rings. The van der Waals surface area contributed by atoms with Crippen molar-refractivity contribution in [1.82, 2.24) is 14.6 Å². The summed E-state index contributed by atoms with van der Waals surface area (Å²) in [5.74, 6) is 0.687. The first-order valence-corrected chi connectivity index (χ1v) is 6.38. The van der Waals surface area contributed by atoms with Crippen molar-refractivity contribution in [2.24, 2.45) is 0 Å². The highest BCUT2D eigenvalue weighted by Gasteiger charge is 2.10. The van der Waals surface area contributed by atoms with Gasteiger partial charge in [0.15, 0.2) is 0 Å². The summed E-state index contributed by atoms with van der Waals surface area (Å²) in [5, 5.41) is 1.92. The molecule has 0 aliphatic carbocycles. The molecule has 0 spiro atoms. The minimum atomic E-state index is 0.551. The van der Waals surface area contributed by atoms with Gasteiger partial charge in [0.2, 0.25) is 5.95 Å². The smallest absolute Gasteiger partial charge is 0.244 e. The Morgan fingerprint density at radius 3 is 2.79 bits per heavy atom. The van der Waals surface area contributed by atoms with Crippen molar-refractivity contribution in [2.75, 3.05) is 19.2 Å². The van der Waals surface area contributed by atoms with Crippen LogP contribution in [0.15, 0.2) is 24.7 Å². The maximum Gasteiger partial charge on any atom is 0.244 e. The van der Waals surface area contributed by atoms with E-state index in [0.717, 1.165) is 17.7 Å². The quantitative estimate of drug-likeness (QED) is 0.826. The van der Waals surface area contributed by atoms with Gasteiger partial charge in [0, 0.05) is 38.3 Å². The predicted molar refractivity (Wildman–Crippen MR) is 75.1 cm³/mol. The van der Waals surface area contributed by atoms with Crippen molar-refractivity contribution in [3.05, 3.63) is 41.5 Å². The topological polar surface area (TPSA) is 43.2 Å². The molecule has 0 N–H and O–H groups in total. The first kappa shape index (κ1) is 13.5. The van der Waals surface area contributed by atoms with Gasteiger partial charge in [-0.05, 0) is 25.0 Å². The Morgan fingerprint density at radius 2 is 2.21 bits per heavy atom. The monoisotopic (exact) mass is 260 g/mol. The van der Waals surface area contributed by atoms with E-state index in [-0.39, 0.29) is 0 Å². The van der Waals surface area contributed by atoms with Gasteiger partial charge in [-0.25, -0.2) is 9.97 Å². The molecule has 2 aromatic rings. The minimum absolute atomic E-state index is 0.551. The summed E-state index contributed by atoms with van der Waals surface area (Å²) in [6.07, 6.45) is 6.75. The van der Waals surface area contributed by atoms with Crippen molar-refractivity contribution in [2.45, 2.75) is 26.9 Å². The molecule has 0 radical (unpaired) electrons. The number of aryl methyl sites for hydroxylation is 2. The third kappa shape index (κ3) is 2.93. The number of anilines is 1. The average Bonchev–Trinajstić information content (AvgIpc) is 2.85. The van der Waals surface area contributed by atoms with Crippen molar-refractivity contribution >= 4 is 5.95 Å². The molecule has 2 heterocycles. The Labute approximate surface area is 113 Å². The van der Waals surface area contributed by atoms with Crippen LogP contribution in [0.3, 0.4) is 0 Å². The molecule has 2 rings (SSSR count). The molecule has 0 saturated carbocycles. The molecule has 0 atom stereocenters. The molecule has 5 nitrogen and oxygen atoms in total. The van der Waals surface area contributed by atoms with Gasteiger partial charge in [-0.3, -0.25) is 9.69 Å². The molecular formula is C14H20N4O. The van der Waals surface area contributed by atoms with Crippen LogP contribution in [0.1, 0.15) is 23.7 Å². The molecule has 5 heteroatoms. The van der Waals surface area contributed by atoms with E-state index in [9.17, 15) is 0 Å². The fourth-order valence-electron chi connectivity index (χ4n) is 1.95. The average molecular weight is 260 g/mol. The van der Waals surface area contributed by atoms with Crippen LogP contribution in [0.25, 0.3) is 0 Å². The zero-order valence-electron chi connectivity index (χ0n) is 11.9. The van der Waals surface area contributed by atoms with Crippen LogP contribution in [-0.4, -0.2) is 28.8 Å². The molecule has 0 bridgehead atoms. The molecule has 0 amide bonds. The van der Waals surface area contributed by atoms with Gasteiger partial charge in [0.05, 0.1) is 12.3 Å². The fourth-order valence-corrected chi connectivity index (χ4v) is 1.95. The first-order chi connectivity index (χ1) is 9.15. The van der Waals surface area contributed by atoms with Crippen molar-refractivity contribution in [1.29, 1.82) is 0 Å². The molecule has 0 unspecified atom stereocenters. The summed E-state index contributed by atoms with van der Waals surface area (Å²) in [5.41, 5.74) is 3.28. The Balaban J connectivity index is 2.30. The highest BCUT2D eigenvalue weighted by molar-refractivity contribution is 5.32. The zero-order valence-corrected chi connectivity index (χ0v) is 11.9. The number of methoxy groups -OCH3 is 1. The van der Waals surface area contributed by atoms with E-state index in [1.807, 2.05) is 35.3 Å². The summed E-state index contributed by atoms with van der Waals surface area (Å²) in [7, 11) is 3.63. The molecule has 19 heavy (non-hydrogen) atoms. The maximum absolute atomic E-state index is 5.16. The molecule has 0 saturated heterocycles.